The Hall–Kier alpha value is -5.70. The highest BCUT2D eigenvalue weighted by molar-refractivity contribution is 7.20. The third kappa shape index (κ3) is 5.74. The molecule has 0 aliphatic heterocycles. The van der Waals surface area contributed by atoms with Gasteiger partial charge in [-0.25, -0.2) is 0 Å². The second-order valence-corrected chi connectivity index (χ2v) is 17.6. The Morgan fingerprint density at radius 3 is 2.04 bits per heavy atom. The third-order valence-electron chi connectivity index (χ3n) is 11.9. The molecule has 0 fully saturated rings. The summed E-state index contributed by atoms with van der Waals surface area (Å²) in [6.07, 6.45) is 2.90. The van der Waals surface area contributed by atoms with Crippen molar-refractivity contribution in [1.82, 2.24) is 0 Å². The van der Waals surface area contributed by atoms with E-state index < -0.39 is 0 Å². The molecule has 0 amide bonds. The van der Waals surface area contributed by atoms with Gasteiger partial charge >= 0.3 is 0 Å². The topological polar surface area (TPSA) is 3.24 Å². The van der Waals surface area contributed by atoms with Crippen molar-refractivity contribution in [2.75, 3.05) is 4.90 Å². The van der Waals surface area contributed by atoms with Gasteiger partial charge in [-0.15, -0.1) is 17.9 Å². The van der Waals surface area contributed by atoms with Crippen molar-refractivity contribution in [2.24, 2.45) is 0 Å². The lowest BCUT2D eigenvalue weighted by Crippen LogP contribution is -2.16. The molecule has 2 heteroatoms. The Morgan fingerprint density at radius 1 is 0.655 bits per heavy atom. The van der Waals surface area contributed by atoms with Crippen LogP contribution in [0.15, 0.2) is 164 Å². The van der Waals surface area contributed by atoms with Crippen molar-refractivity contribution in [3.05, 3.63) is 191 Å². The van der Waals surface area contributed by atoms with Crippen molar-refractivity contribution >= 4 is 65.6 Å². The minimum absolute atomic E-state index is 0.0345. The van der Waals surface area contributed by atoms with Gasteiger partial charge in [-0.05, 0) is 116 Å². The fourth-order valence-electron chi connectivity index (χ4n) is 8.91. The van der Waals surface area contributed by atoms with Crippen LogP contribution >= 0.6 is 11.3 Å². The molecule has 1 nitrogen and oxygen atoms in total. The van der Waals surface area contributed by atoms with Crippen LogP contribution in [0.2, 0.25) is 0 Å². The standard InChI is InChI=1S/C53H47NS/c1-8-17-44-43-23-14-16-25-49(43)55-51(44)50-34(2)53(6,7)47-31-30-38(33-45(47)50)54(48-32-36-18-9-10-19-39(36)41-21-11-12-22-42(41)48)37-28-26-35(27-29-37)40-20-13-15-24-46(40)52(3,4)5/h8-16,18-33H,1,17H2,2-7H3. The number of hydrogen-bond acceptors (Lipinski definition) is 2. The molecule has 0 spiro atoms. The van der Waals surface area contributed by atoms with E-state index in [4.69, 9.17) is 0 Å². The fraction of sp³-hybridized carbons (Fsp3) is 0.170. The van der Waals surface area contributed by atoms with E-state index in [9.17, 15) is 0 Å². The summed E-state index contributed by atoms with van der Waals surface area (Å²) >= 11 is 1.92. The molecule has 0 saturated heterocycles. The lowest BCUT2D eigenvalue weighted by Gasteiger charge is -2.29. The van der Waals surface area contributed by atoms with E-state index in [-0.39, 0.29) is 10.8 Å². The summed E-state index contributed by atoms with van der Waals surface area (Å²) in [5.41, 5.74) is 14.1. The smallest absolute Gasteiger partial charge is 0.0546 e. The number of rotatable bonds is 7. The predicted molar refractivity (Wildman–Crippen MR) is 241 cm³/mol. The lowest BCUT2D eigenvalue weighted by molar-refractivity contribution is 0.592. The molecule has 1 aromatic heterocycles. The van der Waals surface area contributed by atoms with Crippen LogP contribution in [0.25, 0.3) is 48.3 Å². The number of nitrogens with zero attached hydrogens (tertiary/aromatic N) is 1. The van der Waals surface area contributed by atoms with Crippen molar-refractivity contribution in [2.45, 2.75) is 58.8 Å². The van der Waals surface area contributed by atoms with Crippen LogP contribution in [0.5, 0.6) is 0 Å². The maximum absolute atomic E-state index is 4.18. The largest absolute Gasteiger partial charge is 0.310 e. The van der Waals surface area contributed by atoms with E-state index in [1.165, 1.54) is 86.7 Å². The van der Waals surface area contributed by atoms with Crippen molar-refractivity contribution < 1.29 is 0 Å². The Bertz CT molecular complexity index is 2820. The Labute approximate surface area is 329 Å². The van der Waals surface area contributed by atoms with Crippen LogP contribution < -0.4 is 4.90 Å². The molecular weight excluding hydrogens is 683 g/mol. The van der Waals surface area contributed by atoms with E-state index in [0.717, 1.165) is 17.8 Å². The van der Waals surface area contributed by atoms with Gasteiger partial charge in [0.2, 0.25) is 0 Å². The van der Waals surface area contributed by atoms with E-state index in [0.29, 0.717) is 0 Å². The zero-order valence-electron chi connectivity index (χ0n) is 32.7. The van der Waals surface area contributed by atoms with E-state index in [2.05, 4.69) is 205 Å². The molecule has 9 rings (SSSR count). The maximum atomic E-state index is 4.18. The SMILES string of the molecule is C=CCc1c(C2=C(C)C(C)(C)c3ccc(N(c4ccc(-c5ccccc5C(C)(C)C)cc4)c4cc5ccccc5c5ccccc45)cc32)sc2ccccc12. The summed E-state index contributed by atoms with van der Waals surface area (Å²) in [7, 11) is 0. The van der Waals surface area contributed by atoms with Gasteiger partial charge in [0, 0.05) is 31.8 Å². The average molecular weight is 730 g/mol. The van der Waals surface area contributed by atoms with Gasteiger partial charge in [0.15, 0.2) is 0 Å². The number of anilines is 3. The van der Waals surface area contributed by atoms with Crippen LogP contribution in [0.4, 0.5) is 17.1 Å². The highest BCUT2D eigenvalue weighted by Crippen LogP contribution is 2.54. The molecule has 0 N–H and O–H groups in total. The average Bonchev–Trinajstić information content (AvgIpc) is 3.64. The third-order valence-corrected chi connectivity index (χ3v) is 13.2. The molecule has 0 radical (unpaired) electrons. The van der Waals surface area contributed by atoms with Crippen LogP contribution in [0.3, 0.4) is 0 Å². The van der Waals surface area contributed by atoms with Crippen molar-refractivity contribution in [1.29, 1.82) is 0 Å². The molecule has 8 aromatic rings. The van der Waals surface area contributed by atoms with Crippen LogP contribution in [0.1, 0.15) is 68.7 Å². The molecule has 1 aliphatic rings. The summed E-state index contributed by atoms with van der Waals surface area (Å²) in [5, 5.41) is 6.33. The van der Waals surface area contributed by atoms with Gasteiger partial charge in [0.05, 0.1) is 5.69 Å². The van der Waals surface area contributed by atoms with Crippen LogP contribution in [-0.2, 0) is 17.3 Å². The summed E-state index contributed by atoms with van der Waals surface area (Å²) < 4.78 is 1.33. The van der Waals surface area contributed by atoms with Gasteiger partial charge in [-0.3, -0.25) is 0 Å². The van der Waals surface area contributed by atoms with Gasteiger partial charge in [0.25, 0.3) is 0 Å². The molecule has 0 bridgehead atoms. The van der Waals surface area contributed by atoms with E-state index in [1.54, 1.807) is 0 Å². The second-order valence-electron chi connectivity index (χ2n) is 16.6. The monoisotopic (exact) mass is 729 g/mol. The quantitative estimate of drug-likeness (QED) is 0.117. The number of benzene rings is 7. The van der Waals surface area contributed by atoms with Gasteiger partial charge in [0.1, 0.15) is 0 Å². The van der Waals surface area contributed by atoms with E-state index in [1.807, 2.05) is 11.3 Å². The molecule has 0 atom stereocenters. The van der Waals surface area contributed by atoms with Crippen LogP contribution in [-0.4, -0.2) is 0 Å². The first-order valence-electron chi connectivity index (χ1n) is 19.4. The number of fused-ring (bicyclic) bond motifs is 5. The van der Waals surface area contributed by atoms with Gasteiger partial charge in [-0.2, -0.15) is 0 Å². The molecule has 1 aliphatic carbocycles. The molecule has 1 heterocycles. The molecule has 0 saturated carbocycles. The lowest BCUT2D eigenvalue weighted by atomic mass is 9.82. The van der Waals surface area contributed by atoms with Crippen molar-refractivity contribution in [3.63, 3.8) is 0 Å². The summed E-state index contributed by atoms with van der Waals surface area (Å²) in [6, 6.07) is 54.2. The summed E-state index contributed by atoms with van der Waals surface area (Å²) in [5.74, 6) is 0. The molecular formula is C53H47NS. The maximum Gasteiger partial charge on any atom is 0.0546 e. The molecule has 0 unspecified atom stereocenters. The highest BCUT2D eigenvalue weighted by atomic mass is 32.1. The molecule has 7 aromatic carbocycles. The minimum Gasteiger partial charge on any atom is -0.310 e. The van der Waals surface area contributed by atoms with Gasteiger partial charge < -0.3 is 4.90 Å². The van der Waals surface area contributed by atoms with Crippen LogP contribution in [0, 0.1) is 0 Å². The predicted octanol–water partition coefficient (Wildman–Crippen LogP) is 15.5. The summed E-state index contributed by atoms with van der Waals surface area (Å²) in [4.78, 5) is 3.86. The van der Waals surface area contributed by atoms with Gasteiger partial charge in [-0.1, -0.05) is 155 Å². The first-order valence-corrected chi connectivity index (χ1v) is 20.3. The Kier molecular flexibility index (Phi) is 8.44. The minimum atomic E-state index is -0.104. The number of hydrogen-bond donors (Lipinski definition) is 0. The van der Waals surface area contributed by atoms with E-state index >= 15 is 0 Å². The second kappa shape index (κ2) is 13.3. The number of allylic oxidation sites excluding steroid dienone is 2. The first-order chi connectivity index (χ1) is 26.6. The fourth-order valence-corrected chi connectivity index (χ4v) is 10.3. The molecule has 270 valence electrons. The molecule has 55 heavy (non-hydrogen) atoms. The zero-order valence-corrected chi connectivity index (χ0v) is 33.5. The first kappa shape index (κ1) is 35.0. The number of thiophene rings is 1. The Morgan fingerprint density at radius 2 is 1.29 bits per heavy atom. The highest BCUT2D eigenvalue weighted by Gasteiger charge is 2.38. The summed E-state index contributed by atoms with van der Waals surface area (Å²) in [6.45, 7) is 18.2. The zero-order chi connectivity index (χ0) is 38.1. The van der Waals surface area contributed by atoms with Crippen molar-refractivity contribution in [3.8, 4) is 11.1 Å². The Balaban J connectivity index is 1.28. The normalized spacial score (nSPS) is 13.9.